The second-order valence-electron chi connectivity index (χ2n) is 3.95. The maximum absolute atomic E-state index is 10.8. The van der Waals surface area contributed by atoms with E-state index in [1.165, 1.54) is 0 Å². The molecule has 0 saturated heterocycles. The van der Waals surface area contributed by atoms with E-state index in [0.29, 0.717) is 13.0 Å². The molecule has 0 bridgehead atoms. The van der Waals surface area contributed by atoms with E-state index >= 15 is 0 Å². The first-order chi connectivity index (χ1) is 4.95. The third-order valence-corrected chi connectivity index (χ3v) is 2.26. The molecule has 66 valence electrons. The molecule has 0 aliphatic rings. The van der Waals surface area contributed by atoms with Gasteiger partial charge in [-0.05, 0) is 0 Å². The molecule has 0 aromatic rings. The van der Waals surface area contributed by atoms with Gasteiger partial charge in [0.1, 0.15) is 6.61 Å². The molecule has 0 rings (SSSR count). The molecule has 0 aromatic heterocycles. The maximum atomic E-state index is 10.8. The van der Waals surface area contributed by atoms with Gasteiger partial charge < -0.3 is 4.74 Å². The highest BCUT2D eigenvalue weighted by molar-refractivity contribution is 6.76. The van der Waals surface area contributed by atoms with Crippen LogP contribution in [-0.2, 0) is 9.53 Å². The van der Waals surface area contributed by atoms with Gasteiger partial charge in [0.05, 0.1) is 8.07 Å². The summed E-state index contributed by atoms with van der Waals surface area (Å²) in [7, 11) is -1.11. The van der Waals surface area contributed by atoms with Crippen LogP contribution in [0.5, 0.6) is 0 Å². The maximum Gasteiger partial charge on any atom is 0.158 e. The molecular weight excluding hydrogens is 156 g/mol. The van der Waals surface area contributed by atoms with Gasteiger partial charge in [0.15, 0.2) is 5.78 Å². The molecular formula is C8H18O2Si. The number of Topliss-reactive ketones (excluding diaryl/α,β-unsaturated/α-hetero) is 1. The Morgan fingerprint density at radius 2 is 1.91 bits per heavy atom. The molecule has 0 aromatic carbocycles. The van der Waals surface area contributed by atoms with Gasteiger partial charge in [0, 0.05) is 12.7 Å². The lowest BCUT2D eigenvalue weighted by molar-refractivity contribution is -0.122. The van der Waals surface area contributed by atoms with Gasteiger partial charge in [-0.2, -0.15) is 0 Å². The number of carbonyl (C=O) groups is 1. The van der Waals surface area contributed by atoms with Crippen molar-refractivity contribution >= 4 is 13.9 Å². The smallest absolute Gasteiger partial charge is 0.158 e. The molecule has 0 aliphatic carbocycles. The van der Waals surface area contributed by atoms with Crippen LogP contribution in [0.1, 0.15) is 13.3 Å². The van der Waals surface area contributed by atoms with Gasteiger partial charge >= 0.3 is 0 Å². The van der Waals surface area contributed by atoms with E-state index in [1.54, 1.807) is 0 Å². The van der Waals surface area contributed by atoms with Crippen LogP contribution in [0.2, 0.25) is 19.6 Å². The minimum absolute atomic E-state index is 0.197. The fraction of sp³-hybridized carbons (Fsp3) is 0.875. The zero-order valence-corrected chi connectivity index (χ0v) is 8.94. The highest BCUT2D eigenvalue weighted by atomic mass is 28.3. The molecule has 0 atom stereocenters. The molecule has 0 spiro atoms. The number of rotatable bonds is 5. The Morgan fingerprint density at radius 3 is 2.27 bits per heavy atom. The van der Waals surface area contributed by atoms with Crippen LogP contribution in [0.15, 0.2) is 0 Å². The predicted molar refractivity (Wildman–Crippen MR) is 49.5 cm³/mol. The van der Waals surface area contributed by atoms with E-state index in [0.717, 1.165) is 6.23 Å². The SMILES string of the molecule is CCC(=O)COC[Si](C)(C)C. The molecule has 0 heterocycles. The van der Waals surface area contributed by atoms with E-state index < -0.39 is 8.07 Å². The van der Waals surface area contributed by atoms with Gasteiger partial charge in [-0.3, -0.25) is 4.79 Å². The summed E-state index contributed by atoms with van der Waals surface area (Å²) in [6.45, 7) is 8.84. The van der Waals surface area contributed by atoms with Crippen molar-refractivity contribution in [2.75, 3.05) is 12.8 Å². The summed E-state index contributed by atoms with van der Waals surface area (Å²) in [4.78, 5) is 10.8. The minimum atomic E-state index is -1.11. The minimum Gasteiger partial charge on any atom is -0.377 e. The van der Waals surface area contributed by atoms with Gasteiger partial charge in [0.2, 0.25) is 0 Å². The Morgan fingerprint density at radius 1 is 1.36 bits per heavy atom. The van der Waals surface area contributed by atoms with Crippen molar-refractivity contribution in [1.82, 2.24) is 0 Å². The van der Waals surface area contributed by atoms with E-state index in [4.69, 9.17) is 4.74 Å². The second kappa shape index (κ2) is 4.67. The first-order valence-corrected chi connectivity index (χ1v) is 7.76. The number of hydrogen-bond donors (Lipinski definition) is 0. The Labute approximate surface area is 69.9 Å². The first kappa shape index (κ1) is 10.8. The van der Waals surface area contributed by atoms with Crippen LogP contribution >= 0.6 is 0 Å². The molecule has 0 aliphatic heterocycles. The molecule has 11 heavy (non-hydrogen) atoms. The highest BCUT2D eigenvalue weighted by Crippen LogP contribution is 2.00. The van der Waals surface area contributed by atoms with E-state index in [2.05, 4.69) is 19.6 Å². The average molecular weight is 174 g/mol. The van der Waals surface area contributed by atoms with Gasteiger partial charge in [-0.25, -0.2) is 0 Å². The summed E-state index contributed by atoms with van der Waals surface area (Å²) in [5, 5.41) is 0. The Kier molecular flexibility index (Phi) is 4.60. The summed E-state index contributed by atoms with van der Waals surface area (Å²) >= 11 is 0. The third kappa shape index (κ3) is 7.75. The zero-order chi connectivity index (χ0) is 8.91. The molecule has 0 radical (unpaired) electrons. The fourth-order valence-electron chi connectivity index (χ4n) is 0.573. The molecule has 0 N–H and O–H groups in total. The van der Waals surface area contributed by atoms with Crippen molar-refractivity contribution in [2.45, 2.75) is 33.0 Å². The lowest BCUT2D eigenvalue weighted by Crippen LogP contribution is -2.29. The van der Waals surface area contributed by atoms with Crippen molar-refractivity contribution in [1.29, 1.82) is 0 Å². The van der Waals surface area contributed by atoms with E-state index in [9.17, 15) is 4.79 Å². The summed E-state index contributed by atoms with van der Waals surface area (Å²) in [5.74, 6) is 0.197. The van der Waals surface area contributed by atoms with Crippen LogP contribution in [0.25, 0.3) is 0 Å². The summed E-state index contributed by atoms with van der Waals surface area (Å²) in [5.41, 5.74) is 0. The molecule has 3 heteroatoms. The molecule has 0 saturated carbocycles. The summed E-state index contributed by atoms with van der Waals surface area (Å²) in [6, 6.07) is 0. The Balaban J connectivity index is 3.35. The molecule has 2 nitrogen and oxygen atoms in total. The number of ether oxygens (including phenoxy) is 1. The first-order valence-electron chi connectivity index (χ1n) is 4.05. The highest BCUT2D eigenvalue weighted by Gasteiger charge is 2.13. The predicted octanol–water partition coefficient (Wildman–Crippen LogP) is 1.86. The normalized spacial score (nSPS) is 11.6. The quantitative estimate of drug-likeness (QED) is 0.595. The number of hydrogen-bond acceptors (Lipinski definition) is 2. The second-order valence-corrected chi connectivity index (χ2v) is 9.36. The molecule has 0 amide bonds. The topological polar surface area (TPSA) is 26.3 Å². The average Bonchev–Trinajstić information content (AvgIpc) is 1.85. The van der Waals surface area contributed by atoms with E-state index in [-0.39, 0.29) is 5.78 Å². The largest absolute Gasteiger partial charge is 0.377 e. The van der Waals surface area contributed by atoms with E-state index in [1.807, 2.05) is 6.92 Å². The third-order valence-electron chi connectivity index (χ3n) is 1.19. The van der Waals surface area contributed by atoms with Crippen LogP contribution in [0.4, 0.5) is 0 Å². The monoisotopic (exact) mass is 174 g/mol. The van der Waals surface area contributed by atoms with Gasteiger partial charge in [-0.1, -0.05) is 26.6 Å². The van der Waals surface area contributed by atoms with Crippen LogP contribution in [-0.4, -0.2) is 26.7 Å². The molecule has 0 unspecified atom stereocenters. The zero-order valence-electron chi connectivity index (χ0n) is 7.94. The van der Waals surface area contributed by atoms with Crippen molar-refractivity contribution < 1.29 is 9.53 Å². The van der Waals surface area contributed by atoms with Crippen molar-refractivity contribution in [3.8, 4) is 0 Å². The Bertz CT molecular complexity index is 127. The standard InChI is InChI=1S/C8H18O2Si/c1-5-8(9)6-10-7-11(2,3)4/h5-7H2,1-4H3. The fourth-order valence-corrected chi connectivity index (χ4v) is 1.29. The number of ketones is 1. The van der Waals surface area contributed by atoms with Crippen LogP contribution in [0, 0.1) is 0 Å². The van der Waals surface area contributed by atoms with Crippen LogP contribution in [0.3, 0.4) is 0 Å². The summed E-state index contributed by atoms with van der Waals surface area (Å²) < 4.78 is 5.26. The van der Waals surface area contributed by atoms with Crippen molar-refractivity contribution in [3.63, 3.8) is 0 Å². The lowest BCUT2D eigenvalue weighted by atomic mass is 10.3. The van der Waals surface area contributed by atoms with Crippen LogP contribution < -0.4 is 0 Å². The number of carbonyl (C=O) groups excluding carboxylic acids is 1. The Hall–Kier alpha value is -0.153. The van der Waals surface area contributed by atoms with Crippen molar-refractivity contribution in [3.05, 3.63) is 0 Å². The van der Waals surface area contributed by atoms with Gasteiger partial charge in [0.25, 0.3) is 0 Å². The van der Waals surface area contributed by atoms with Gasteiger partial charge in [-0.15, -0.1) is 0 Å². The van der Waals surface area contributed by atoms with Crippen molar-refractivity contribution in [2.24, 2.45) is 0 Å². The molecule has 0 fully saturated rings. The summed E-state index contributed by atoms with van der Waals surface area (Å²) in [6.07, 6.45) is 1.38. The lowest BCUT2D eigenvalue weighted by Gasteiger charge is -2.14.